The van der Waals surface area contributed by atoms with Crippen molar-refractivity contribution in [1.82, 2.24) is 4.57 Å². The van der Waals surface area contributed by atoms with Crippen LogP contribution in [0.1, 0.15) is 0 Å². The Labute approximate surface area is 315 Å². The van der Waals surface area contributed by atoms with Crippen molar-refractivity contribution in [2.24, 2.45) is 0 Å². The van der Waals surface area contributed by atoms with E-state index in [1.807, 2.05) is 0 Å². The Kier molecular flexibility index (Phi) is 7.85. The zero-order valence-electron chi connectivity index (χ0n) is 29.7. The predicted octanol–water partition coefficient (Wildman–Crippen LogP) is 14.4. The second-order valence-corrected chi connectivity index (χ2v) is 13.7. The van der Waals surface area contributed by atoms with E-state index in [0.717, 1.165) is 28.3 Å². The number of para-hydroxylation sites is 3. The highest BCUT2D eigenvalue weighted by Crippen LogP contribution is 2.47. The van der Waals surface area contributed by atoms with Gasteiger partial charge in [-0.05, 0) is 81.6 Å². The number of anilines is 3. The zero-order valence-corrected chi connectivity index (χ0v) is 29.7. The van der Waals surface area contributed by atoms with Gasteiger partial charge >= 0.3 is 0 Å². The summed E-state index contributed by atoms with van der Waals surface area (Å²) in [4.78, 5) is 2.42. The fourth-order valence-corrected chi connectivity index (χ4v) is 8.11. The Morgan fingerprint density at radius 3 is 1.57 bits per heavy atom. The molecule has 254 valence electrons. The molecule has 0 radical (unpaired) electrons. The van der Waals surface area contributed by atoms with Crippen LogP contribution in [-0.4, -0.2) is 4.57 Å². The predicted molar refractivity (Wildman–Crippen MR) is 229 cm³/mol. The molecule has 0 unspecified atom stereocenters. The van der Waals surface area contributed by atoms with Gasteiger partial charge in [0.05, 0.1) is 22.4 Å². The van der Waals surface area contributed by atoms with E-state index in [1.165, 1.54) is 60.4 Å². The van der Waals surface area contributed by atoms with Gasteiger partial charge in [0, 0.05) is 33.3 Å². The van der Waals surface area contributed by atoms with Crippen LogP contribution < -0.4 is 4.90 Å². The molecule has 1 heterocycles. The molecule has 10 aromatic rings. The molecule has 0 aliphatic carbocycles. The highest BCUT2D eigenvalue weighted by Gasteiger charge is 2.23. The molecular weight excluding hydrogens is 653 g/mol. The van der Waals surface area contributed by atoms with E-state index in [2.05, 4.69) is 228 Å². The smallest absolute Gasteiger partial charge is 0.0547 e. The van der Waals surface area contributed by atoms with Crippen LogP contribution in [0.25, 0.3) is 71.6 Å². The first-order chi connectivity index (χ1) is 26.8. The lowest BCUT2D eigenvalue weighted by Crippen LogP contribution is -2.12. The van der Waals surface area contributed by atoms with Gasteiger partial charge < -0.3 is 9.47 Å². The van der Waals surface area contributed by atoms with Crippen molar-refractivity contribution >= 4 is 49.6 Å². The number of rotatable bonds is 7. The van der Waals surface area contributed by atoms with Gasteiger partial charge in [-0.15, -0.1) is 0 Å². The van der Waals surface area contributed by atoms with Crippen LogP contribution in [0.5, 0.6) is 0 Å². The highest BCUT2D eigenvalue weighted by atomic mass is 15.1. The lowest BCUT2D eigenvalue weighted by Gasteiger charge is -2.29. The van der Waals surface area contributed by atoms with Gasteiger partial charge in [-0.1, -0.05) is 170 Å². The molecule has 0 amide bonds. The fraction of sp³-hybridized carbons (Fsp3) is 0. The van der Waals surface area contributed by atoms with Crippen LogP contribution >= 0.6 is 0 Å². The quantitative estimate of drug-likeness (QED) is 0.162. The first kappa shape index (κ1) is 31.6. The standard InChI is InChI=1S/C52H36N2/c1-3-16-37(17-4-1)39-30-33-42(34-31-39)53(43-22-15-21-41(36-43)38-18-5-2-6-19-38)50-29-14-11-26-47(50)52-44-23-8-7-20-40(44)32-35-51(52)54-48-27-12-9-24-45(48)46-25-10-13-28-49(46)54/h1-36H. The summed E-state index contributed by atoms with van der Waals surface area (Å²) in [7, 11) is 0. The maximum Gasteiger partial charge on any atom is 0.0547 e. The molecule has 0 atom stereocenters. The summed E-state index contributed by atoms with van der Waals surface area (Å²) in [6.45, 7) is 0. The minimum absolute atomic E-state index is 1.09. The van der Waals surface area contributed by atoms with Crippen molar-refractivity contribution in [1.29, 1.82) is 0 Å². The van der Waals surface area contributed by atoms with E-state index < -0.39 is 0 Å². The molecule has 0 saturated carbocycles. The second-order valence-electron chi connectivity index (χ2n) is 13.7. The molecule has 0 fully saturated rings. The van der Waals surface area contributed by atoms with Gasteiger partial charge in [-0.2, -0.15) is 0 Å². The molecule has 0 bridgehead atoms. The van der Waals surface area contributed by atoms with Gasteiger partial charge in [-0.3, -0.25) is 0 Å². The van der Waals surface area contributed by atoms with E-state index >= 15 is 0 Å². The maximum atomic E-state index is 2.46. The first-order valence-corrected chi connectivity index (χ1v) is 18.5. The van der Waals surface area contributed by atoms with Crippen molar-refractivity contribution in [2.45, 2.75) is 0 Å². The van der Waals surface area contributed by atoms with Crippen molar-refractivity contribution in [3.8, 4) is 39.1 Å². The molecule has 2 heteroatoms. The molecule has 10 rings (SSSR count). The van der Waals surface area contributed by atoms with E-state index in [-0.39, 0.29) is 0 Å². The van der Waals surface area contributed by atoms with Crippen LogP contribution in [0.3, 0.4) is 0 Å². The molecule has 2 nitrogen and oxygen atoms in total. The summed E-state index contributed by atoms with van der Waals surface area (Å²) in [6, 6.07) is 79.0. The Morgan fingerprint density at radius 1 is 0.333 bits per heavy atom. The van der Waals surface area contributed by atoms with Gasteiger partial charge in [0.2, 0.25) is 0 Å². The van der Waals surface area contributed by atoms with Crippen molar-refractivity contribution < 1.29 is 0 Å². The zero-order chi connectivity index (χ0) is 35.8. The summed E-state index contributed by atoms with van der Waals surface area (Å²) in [5, 5.41) is 4.91. The van der Waals surface area contributed by atoms with Gasteiger partial charge in [0.1, 0.15) is 0 Å². The van der Waals surface area contributed by atoms with Crippen LogP contribution in [0, 0.1) is 0 Å². The number of aromatic nitrogens is 1. The van der Waals surface area contributed by atoms with Crippen molar-refractivity contribution in [3.05, 3.63) is 218 Å². The largest absolute Gasteiger partial charge is 0.310 e. The fourth-order valence-electron chi connectivity index (χ4n) is 8.11. The summed E-state index contributed by atoms with van der Waals surface area (Å²) in [5.74, 6) is 0. The molecule has 0 spiro atoms. The molecular formula is C52H36N2. The third-order valence-electron chi connectivity index (χ3n) is 10.6. The summed E-state index contributed by atoms with van der Waals surface area (Å²) >= 11 is 0. The monoisotopic (exact) mass is 688 g/mol. The SMILES string of the molecule is c1ccc(-c2ccc(N(c3cccc(-c4ccccc4)c3)c3ccccc3-c3c(-n4c5ccccc5c5ccccc54)ccc4ccccc34)cc2)cc1. The molecule has 0 aliphatic rings. The summed E-state index contributed by atoms with van der Waals surface area (Å²) in [5.41, 5.74) is 13.9. The van der Waals surface area contributed by atoms with Crippen molar-refractivity contribution in [3.63, 3.8) is 0 Å². The van der Waals surface area contributed by atoms with Gasteiger partial charge in [-0.25, -0.2) is 0 Å². The molecule has 9 aromatic carbocycles. The molecule has 1 aromatic heterocycles. The Bertz CT molecular complexity index is 2870. The average molecular weight is 689 g/mol. The van der Waals surface area contributed by atoms with Crippen LogP contribution in [0.4, 0.5) is 17.1 Å². The van der Waals surface area contributed by atoms with E-state index in [0.29, 0.717) is 0 Å². The third-order valence-corrected chi connectivity index (χ3v) is 10.6. The first-order valence-electron chi connectivity index (χ1n) is 18.5. The van der Waals surface area contributed by atoms with E-state index in [4.69, 9.17) is 0 Å². The topological polar surface area (TPSA) is 8.17 Å². The minimum Gasteiger partial charge on any atom is -0.310 e. The Hall–Kier alpha value is -7.16. The van der Waals surface area contributed by atoms with Crippen LogP contribution in [0.2, 0.25) is 0 Å². The molecule has 0 N–H and O–H groups in total. The van der Waals surface area contributed by atoms with Gasteiger partial charge in [0.25, 0.3) is 0 Å². The second kappa shape index (κ2) is 13.4. The van der Waals surface area contributed by atoms with Crippen molar-refractivity contribution in [2.75, 3.05) is 4.90 Å². The Morgan fingerprint density at radius 2 is 0.870 bits per heavy atom. The van der Waals surface area contributed by atoms with Crippen LogP contribution in [-0.2, 0) is 0 Å². The number of fused-ring (bicyclic) bond motifs is 4. The third kappa shape index (κ3) is 5.44. The van der Waals surface area contributed by atoms with E-state index in [1.54, 1.807) is 0 Å². The normalized spacial score (nSPS) is 11.3. The van der Waals surface area contributed by atoms with Crippen LogP contribution in [0.15, 0.2) is 218 Å². The molecule has 0 aliphatic heterocycles. The molecule has 0 saturated heterocycles. The minimum atomic E-state index is 1.09. The maximum absolute atomic E-state index is 2.46. The summed E-state index contributed by atoms with van der Waals surface area (Å²) in [6.07, 6.45) is 0. The summed E-state index contributed by atoms with van der Waals surface area (Å²) < 4.78 is 2.46. The number of nitrogens with zero attached hydrogens (tertiary/aromatic N) is 2. The number of hydrogen-bond donors (Lipinski definition) is 0. The Balaban J connectivity index is 1.25. The lowest BCUT2D eigenvalue weighted by molar-refractivity contribution is 1.18. The van der Waals surface area contributed by atoms with E-state index in [9.17, 15) is 0 Å². The van der Waals surface area contributed by atoms with Gasteiger partial charge in [0.15, 0.2) is 0 Å². The lowest BCUT2D eigenvalue weighted by atomic mass is 9.93. The average Bonchev–Trinajstić information content (AvgIpc) is 3.59. The highest BCUT2D eigenvalue weighted by molar-refractivity contribution is 6.12. The number of benzene rings is 9. The molecule has 54 heavy (non-hydrogen) atoms. The number of hydrogen-bond acceptors (Lipinski definition) is 1.